The van der Waals surface area contributed by atoms with Gasteiger partial charge in [-0.1, -0.05) is 35.5 Å². The number of nitrogen functional groups attached to an aromatic ring is 1. The normalized spacial score (nSPS) is 13.1. The van der Waals surface area contributed by atoms with Crippen LogP contribution in [0.4, 0.5) is 5.88 Å². The van der Waals surface area contributed by atoms with E-state index >= 15 is 0 Å². The summed E-state index contributed by atoms with van der Waals surface area (Å²) in [7, 11) is 0. The number of esters is 1. The van der Waals surface area contributed by atoms with E-state index in [9.17, 15) is 9.59 Å². The molecule has 0 aliphatic carbocycles. The quantitative estimate of drug-likeness (QED) is 0.745. The summed E-state index contributed by atoms with van der Waals surface area (Å²) in [6.07, 6.45) is 0.696. The lowest BCUT2D eigenvalue weighted by Gasteiger charge is -2.18. The van der Waals surface area contributed by atoms with Crippen molar-refractivity contribution in [2.75, 3.05) is 5.73 Å². The smallest absolute Gasteiger partial charge is 0.346 e. The first-order valence-corrected chi connectivity index (χ1v) is 8.15. The zero-order chi connectivity index (χ0) is 18.4. The number of nitrogens with two attached hydrogens (primary N) is 1. The van der Waals surface area contributed by atoms with Gasteiger partial charge in [0.25, 0.3) is 5.91 Å². The lowest BCUT2D eigenvalue weighted by atomic mass is 10.1. The van der Waals surface area contributed by atoms with E-state index in [0.717, 1.165) is 12.8 Å². The molecule has 3 N–H and O–H groups in total. The lowest BCUT2D eigenvalue weighted by molar-refractivity contribution is -0.129. The molecule has 1 amide bonds. The number of rotatable bonds is 7. The Kier molecular flexibility index (Phi) is 6.16. The van der Waals surface area contributed by atoms with E-state index in [4.69, 9.17) is 15.0 Å². The van der Waals surface area contributed by atoms with Crippen LogP contribution in [0.25, 0.3) is 0 Å². The second-order valence-electron chi connectivity index (χ2n) is 5.99. The minimum absolute atomic E-state index is 0.0451. The van der Waals surface area contributed by atoms with Crippen LogP contribution in [0, 0.1) is 6.92 Å². The molecule has 0 aliphatic rings. The Morgan fingerprint density at radius 2 is 1.96 bits per heavy atom. The van der Waals surface area contributed by atoms with Crippen molar-refractivity contribution in [2.45, 2.75) is 45.8 Å². The van der Waals surface area contributed by atoms with Gasteiger partial charge in [0.05, 0.1) is 5.69 Å². The van der Waals surface area contributed by atoms with Crippen molar-refractivity contribution < 1.29 is 18.8 Å². The molecule has 1 aromatic carbocycles. The Balaban J connectivity index is 1.82. The van der Waals surface area contributed by atoms with Gasteiger partial charge in [0.15, 0.2) is 6.10 Å². The molecular formula is C18H23N3O4. The predicted molar refractivity (Wildman–Crippen MR) is 92.9 cm³/mol. The zero-order valence-corrected chi connectivity index (χ0v) is 14.6. The number of carbonyl (C=O) groups excluding carboxylic acids is 2. The van der Waals surface area contributed by atoms with Crippen LogP contribution < -0.4 is 11.1 Å². The van der Waals surface area contributed by atoms with E-state index in [1.807, 2.05) is 37.3 Å². The Hall–Kier alpha value is -2.83. The molecule has 0 spiro atoms. The van der Waals surface area contributed by atoms with Gasteiger partial charge in [-0.15, -0.1) is 0 Å². The number of aromatic nitrogens is 1. The Morgan fingerprint density at radius 3 is 2.56 bits per heavy atom. The molecular weight excluding hydrogens is 322 g/mol. The van der Waals surface area contributed by atoms with Gasteiger partial charge in [-0.25, -0.2) is 4.79 Å². The van der Waals surface area contributed by atoms with Gasteiger partial charge in [-0.2, -0.15) is 0 Å². The van der Waals surface area contributed by atoms with E-state index in [1.165, 1.54) is 12.5 Å². The van der Waals surface area contributed by atoms with Crippen LogP contribution in [0.2, 0.25) is 0 Å². The fourth-order valence-electron chi connectivity index (χ4n) is 2.37. The Bertz CT molecular complexity index is 708. The maximum atomic E-state index is 12.2. The van der Waals surface area contributed by atoms with Crippen molar-refractivity contribution in [3.05, 3.63) is 47.2 Å². The van der Waals surface area contributed by atoms with Gasteiger partial charge in [0.2, 0.25) is 5.88 Å². The topological polar surface area (TPSA) is 107 Å². The van der Waals surface area contributed by atoms with Crippen LogP contribution in [0.3, 0.4) is 0 Å². The minimum atomic E-state index is -0.944. The molecule has 2 rings (SSSR count). The Labute approximate surface area is 146 Å². The van der Waals surface area contributed by atoms with Gasteiger partial charge in [-0.3, -0.25) is 4.79 Å². The first-order chi connectivity index (χ1) is 11.9. The molecule has 134 valence electrons. The SMILES string of the molecule is Cc1noc(N)c1C(=O)OC(C)C(=O)NC(C)CCc1ccccc1. The molecule has 1 heterocycles. The largest absolute Gasteiger partial charge is 0.449 e. The first-order valence-electron chi connectivity index (χ1n) is 8.15. The van der Waals surface area contributed by atoms with Gasteiger partial charge in [-0.05, 0) is 39.2 Å². The highest BCUT2D eigenvalue weighted by Gasteiger charge is 2.25. The van der Waals surface area contributed by atoms with E-state index < -0.39 is 12.1 Å². The Morgan fingerprint density at radius 1 is 1.28 bits per heavy atom. The van der Waals surface area contributed by atoms with E-state index in [1.54, 1.807) is 6.92 Å². The summed E-state index contributed by atoms with van der Waals surface area (Å²) in [5.41, 5.74) is 7.13. The highest BCUT2D eigenvalue weighted by molar-refractivity contribution is 5.96. The summed E-state index contributed by atoms with van der Waals surface area (Å²) in [6.45, 7) is 5.00. The van der Waals surface area contributed by atoms with E-state index in [-0.39, 0.29) is 23.4 Å². The predicted octanol–water partition coefficient (Wildman–Crippen LogP) is 2.25. The summed E-state index contributed by atoms with van der Waals surface area (Å²) in [4.78, 5) is 24.3. The van der Waals surface area contributed by atoms with Crippen LogP contribution in [0.15, 0.2) is 34.9 Å². The minimum Gasteiger partial charge on any atom is -0.449 e. The number of ether oxygens (including phenoxy) is 1. The van der Waals surface area contributed by atoms with Crippen molar-refractivity contribution in [1.82, 2.24) is 10.5 Å². The number of nitrogens with one attached hydrogen (secondary N) is 1. The molecule has 0 saturated carbocycles. The number of benzene rings is 1. The molecule has 7 heteroatoms. The molecule has 25 heavy (non-hydrogen) atoms. The highest BCUT2D eigenvalue weighted by Crippen LogP contribution is 2.17. The molecule has 2 unspecified atom stereocenters. The lowest BCUT2D eigenvalue weighted by Crippen LogP contribution is -2.41. The molecule has 0 aliphatic heterocycles. The van der Waals surface area contributed by atoms with Gasteiger partial charge >= 0.3 is 5.97 Å². The first kappa shape index (κ1) is 18.5. The number of nitrogens with zero attached hydrogens (tertiary/aromatic N) is 1. The summed E-state index contributed by atoms with van der Waals surface area (Å²) in [5.74, 6) is -1.20. The van der Waals surface area contributed by atoms with Crippen molar-refractivity contribution in [2.24, 2.45) is 0 Å². The van der Waals surface area contributed by atoms with Crippen LogP contribution in [0.5, 0.6) is 0 Å². The molecule has 1 aromatic heterocycles. The van der Waals surface area contributed by atoms with Crippen LogP contribution in [-0.4, -0.2) is 29.2 Å². The van der Waals surface area contributed by atoms with Crippen molar-refractivity contribution in [1.29, 1.82) is 0 Å². The third-order valence-corrected chi connectivity index (χ3v) is 3.84. The number of hydrogen-bond acceptors (Lipinski definition) is 6. The molecule has 2 aromatic rings. The monoisotopic (exact) mass is 345 g/mol. The maximum Gasteiger partial charge on any atom is 0.346 e. The molecule has 7 nitrogen and oxygen atoms in total. The van der Waals surface area contributed by atoms with Crippen LogP contribution >= 0.6 is 0 Å². The highest BCUT2D eigenvalue weighted by atomic mass is 16.5. The number of carbonyl (C=O) groups is 2. The van der Waals surface area contributed by atoms with Gasteiger partial charge in [0.1, 0.15) is 5.56 Å². The summed E-state index contributed by atoms with van der Waals surface area (Å²) in [5, 5.41) is 6.43. The van der Waals surface area contributed by atoms with Crippen LogP contribution in [0.1, 0.15) is 41.9 Å². The van der Waals surface area contributed by atoms with Crippen molar-refractivity contribution in [3.63, 3.8) is 0 Å². The third-order valence-electron chi connectivity index (χ3n) is 3.84. The maximum absolute atomic E-state index is 12.2. The number of aryl methyl sites for hydroxylation is 2. The second-order valence-corrected chi connectivity index (χ2v) is 5.99. The number of hydrogen-bond donors (Lipinski definition) is 2. The van der Waals surface area contributed by atoms with Gasteiger partial charge in [0, 0.05) is 6.04 Å². The summed E-state index contributed by atoms with van der Waals surface area (Å²) < 4.78 is 9.87. The average Bonchev–Trinajstić information content (AvgIpc) is 2.92. The third kappa shape index (κ3) is 5.07. The van der Waals surface area contributed by atoms with E-state index in [2.05, 4.69) is 10.5 Å². The summed E-state index contributed by atoms with van der Waals surface area (Å²) in [6, 6.07) is 9.98. The molecule has 0 radical (unpaired) electrons. The van der Waals surface area contributed by atoms with Crippen LogP contribution in [-0.2, 0) is 16.0 Å². The fraction of sp³-hybridized carbons (Fsp3) is 0.389. The number of amides is 1. The zero-order valence-electron chi connectivity index (χ0n) is 14.6. The van der Waals surface area contributed by atoms with Crippen molar-refractivity contribution in [3.8, 4) is 0 Å². The summed E-state index contributed by atoms with van der Waals surface area (Å²) >= 11 is 0. The molecule has 0 saturated heterocycles. The standard InChI is InChI=1S/C18H23N3O4/c1-11(9-10-14-7-5-4-6-8-14)20-17(22)13(3)24-18(23)15-12(2)21-25-16(15)19/h4-8,11,13H,9-10,19H2,1-3H3,(H,20,22). The van der Waals surface area contributed by atoms with Crippen molar-refractivity contribution >= 4 is 17.8 Å². The average molecular weight is 345 g/mol. The second kappa shape index (κ2) is 8.32. The van der Waals surface area contributed by atoms with E-state index in [0.29, 0.717) is 5.69 Å². The number of anilines is 1. The molecule has 0 bridgehead atoms. The van der Waals surface area contributed by atoms with Gasteiger partial charge < -0.3 is 20.3 Å². The fourth-order valence-corrected chi connectivity index (χ4v) is 2.37. The molecule has 2 atom stereocenters. The molecule has 0 fully saturated rings.